The first-order valence-electron chi connectivity index (χ1n) is 12.2. The van der Waals surface area contributed by atoms with Gasteiger partial charge in [0, 0.05) is 31.4 Å². The average Bonchev–Trinajstić information content (AvgIpc) is 3.14. The maximum absolute atomic E-state index is 13.9. The number of benzene rings is 3. The van der Waals surface area contributed by atoms with Crippen LogP contribution in [-0.2, 0) is 10.2 Å². The second-order valence-electron chi connectivity index (χ2n) is 10.7. The van der Waals surface area contributed by atoms with E-state index in [2.05, 4.69) is 22.9 Å². The molecule has 0 radical (unpaired) electrons. The van der Waals surface area contributed by atoms with E-state index in [4.69, 9.17) is 16.0 Å². The molecule has 5 nitrogen and oxygen atoms in total. The number of carbonyl (C=O) groups excluding carboxylic acids is 2. The minimum Gasteiger partial charge on any atom is -0.422 e. The van der Waals surface area contributed by atoms with Crippen LogP contribution in [-0.4, -0.2) is 17.2 Å². The SMILES string of the molecule is CC1(c2ccc(Cl)cc2)CC(C)(C)N2C(=O)C(=CC(=O)c3cc4ccccc4oc3=O)c3cc(Br)cc1c32. The Morgan fingerprint density at radius 3 is 2.47 bits per heavy atom. The quantitative estimate of drug-likeness (QED) is 0.143. The molecule has 0 fully saturated rings. The highest BCUT2D eigenvalue weighted by Crippen LogP contribution is 2.56. The number of nitrogens with zero attached hydrogens (tertiary/aromatic N) is 1. The topological polar surface area (TPSA) is 67.6 Å². The molecule has 3 aromatic carbocycles. The molecule has 1 amide bonds. The van der Waals surface area contributed by atoms with Crippen molar-refractivity contribution in [3.8, 4) is 0 Å². The van der Waals surface area contributed by atoms with Gasteiger partial charge in [-0.3, -0.25) is 9.59 Å². The molecular formula is C31H23BrClNO4. The van der Waals surface area contributed by atoms with Crippen LogP contribution in [0.15, 0.2) is 86.5 Å². The maximum Gasteiger partial charge on any atom is 0.347 e. The third-order valence-electron chi connectivity index (χ3n) is 7.67. The van der Waals surface area contributed by atoms with Gasteiger partial charge in [-0.25, -0.2) is 4.79 Å². The van der Waals surface area contributed by atoms with Crippen molar-refractivity contribution in [2.45, 2.75) is 38.1 Å². The Bertz CT molecular complexity index is 1770. The van der Waals surface area contributed by atoms with Gasteiger partial charge in [0.1, 0.15) is 11.1 Å². The minimum absolute atomic E-state index is 0.112. The van der Waals surface area contributed by atoms with Crippen LogP contribution in [0.2, 0.25) is 5.02 Å². The lowest BCUT2D eigenvalue weighted by Gasteiger charge is -2.49. The fourth-order valence-corrected chi connectivity index (χ4v) is 6.66. The van der Waals surface area contributed by atoms with E-state index in [1.54, 1.807) is 29.2 Å². The van der Waals surface area contributed by atoms with E-state index in [1.807, 2.05) is 50.2 Å². The van der Waals surface area contributed by atoms with Gasteiger partial charge in [-0.2, -0.15) is 0 Å². The molecule has 4 aromatic rings. The summed E-state index contributed by atoms with van der Waals surface area (Å²) in [6.45, 7) is 6.25. The van der Waals surface area contributed by atoms with Crippen molar-refractivity contribution in [3.63, 3.8) is 0 Å². The van der Waals surface area contributed by atoms with Gasteiger partial charge in [0.25, 0.3) is 5.91 Å². The Hall–Kier alpha value is -3.48. The van der Waals surface area contributed by atoms with Crippen molar-refractivity contribution in [3.05, 3.63) is 115 Å². The Balaban J connectivity index is 1.55. The summed E-state index contributed by atoms with van der Waals surface area (Å²) < 4.78 is 6.16. The van der Waals surface area contributed by atoms with Crippen LogP contribution in [0.5, 0.6) is 0 Å². The summed E-state index contributed by atoms with van der Waals surface area (Å²) in [6.07, 6.45) is 1.94. The van der Waals surface area contributed by atoms with Gasteiger partial charge in [-0.15, -0.1) is 0 Å². The second kappa shape index (κ2) is 8.52. The Labute approximate surface area is 232 Å². The summed E-state index contributed by atoms with van der Waals surface area (Å²) >= 11 is 9.82. The van der Waals surface area contributed by atoms with Crippen molar-refractivity contribution in [1.82, 2.24) is 0 Å². The highest BCUT2D eigenvalue weighted by atomic mass is 79.9. The summed E-state index contributed by atoms with van der Waals surface area (Å²) in [5, 5.41) is 1.29. The lowest BCUT2D eigenvalue weighted by Crippen LogP contribution is -2.54. The molecule has 3 heterocycles. The molecule has 0 saturated heterocycles. The molecule has 1 aromatic heterocycles. The third-order valence-corrected chi connectivity index (χ3v) is 8.38. The van der Waals surface area contributed by atoms with Crippen molar-refractivity contribution in [1.29, 1.82) is 0 Å². The molecule has 6 rings (SSSR count). The van der Waals surface area contributed by atoms with Crippen LogP contribution in [0.1, 0.15) is 54.2 Å². The highest BCUT2D eigenvalue weighted by molar-refractivity contribution is 9.10. The summed E-state index contributed by atoms with van der Waals surface area (Å²) in [7, 11) is 0. The molecule has 2 aliphatic heterocycles. The lowest BCUT2D eigenvalue weighted by molar-refractivity contribution is -0.114. The number of carbonyl (C=O) groups is 2. The molecule has 0 aliphatic carbocycles. The predicted molar refractivity (Wildman–Crippen MR) is 153 cm³/mol. The molecule has 2 aliphatic rings. The summed E-state index contributed by atoms with van der Waals surface area (Å²) in [5.41, 5.74) is 2.36. The Kier molecular flexibility index (Phi) is 5.57. The van der Waals surface area contributed by atoms with Gasteiger partial charge in [-0.05, 0) is 73.9 Å². The molecule has 0 N–H and O–H groups in total. The van der Waals surface area contributed by atoms with Crippen molar-refractivity contribution in [2.75, 3.05) is 4.90 Å². The van der Waals surface area contributed by atoms with E-state index >= 15 is 0 Å². The molecule has 190 valence electrons. The molecular weight excluding hydrogens is 566 g/mol. The van der Waals surface area contributed by atoms with E-state index in [1.165, 1.54) is 12.1 Å². The lowest BCUT2D eigenvalue weighted by atomic mass is 9.65. The van der Waals surface area contributed by atoms with Crippen LogP contribution in [0.3, 0.4) is 0 Å². The number of rotatable bonds is 3. The van der Waals surface area contributed by atoms with Crippen LogP contribution in [0.4, 0.5) is 5.69 Å². The van der Waals surface area contributed by atoms with E-state index < -0.39 is 22.4 Å². The standard InChI is InChI=1S/C31H23BrClNO4/c1-30(2)16-31(3,18-8-10-20(33)11-9-18)24-14-19(32)13-21-22(28(36)34(30)27(21)24)15-25(35)23-12-17-6-4-5-7-26(17)38-29(23)37/h4-15H,16H2,1-3H3. The number of ketones is 1. The summed E-state index contributed by atoms with van der Waals surface area (Å²) in [4.78, 5) is 41.8. The normalized spacial score (nSPS) is 20.7. The third kappa shape index (κ3) is 3.69. The van der Waals surface area contributed by atoms with Gasteiger partial charge in [0.15, 0.2) is 5.78 Å². The Morgan fingerprint density at radius 2 is 1.74 bits per heavy atom. The monoisotopic (exact) mass is 587 g/mol. The number of para-hydroxylation sites is 1. The molecule has 7 heteroatoms. The first kappa shape index (κ1) is 24.8. The van der Waals surface area contributed by atoms with E-state index in [9.17, 15) is 14.4 Å². The largest absolute Gasteiger partial charge is 0.422 e. The highest BCUT2D eigenvalue weighted by Gasteiger charge is 2.52. The zero-order chi connectivity index (χ0) is 27.0. The number of allylic oxidation sites excluding steroid dienone is 1. The summed E-state index contributed by atoms with van der Waals surface area (Å²) in [6, 6.07) is 20.2. The smallest absolute Gasteiger partial charge is 0.347 e. The maximum atomic E-state index is 13.9. The number of anilines is 1. The number of hydrogen-bond donors (Lipinski definition) is 0. The predicted octanol–water partition coefficient (Wildman–Crippen LogP) is 7.31. The number of hydrogen-bond acceptors (Lipinski definition) is 4. The summed E-state index contributed by atoms with van der Waals surface area (Å²) in [5.74, 6) is -0.833. The first-order chi connectivity index (χ1) is 18.0. The molecule has 0 saturated carbocycles. The number of fused-ring (bicyclic) bond motifs is 1. The number of halogens is 2. The van der Waals surface area contributed by atoms with Crippen molar-refractivity contribution >= 4 is 61.5 Å². The Morgan fingerprint density at radius 1 is 1.03 bits per heavy atom. The van der Waals surface area contributed by atoms with Crippen LogP contribution < -0.4 is 10.5 Å². The van der Waals surface area contributed by atoms with Gasteiger partial charge in [0.05, 0.1) is 11.3 Å². The van der Waals surface area contributed by atoms with Gasteiger partial charge < -0.3 is 9.32 Å². The fraction of sp³-hybridized carbons (Fsp3) is 0.194. The van der Waals surface area contributed by atoms with Crippen LogP contribution >= 0.6 is 27.5 Å². The van der Waals surface area contributed by atoms with Gasteiger partial charge in [-0.1, -0.05) is 64.8 Å². The van der Waals surface area contributed by atoms with E-state index in [0.717, 1.165) is 21.3 Å². The fourth-order valence-electron chi connectivity index (χ4n) is 6.08. The number of amides is 1. The van der Waals surface area contributed by atoms with Gasteiger partial charge in [0.2, 0.25) is 0 Å². The molecule has 1 unspecified atom stereocenters. The van der Waals surface area contributed by atoms with Gasteiger partial charge >= 0.3 is 5.63 Å². The van der Waals surface area contributed by atoms with Crippen LogP contribution in [0.25, 0.3) is 16.5 Å². The van der Waals surface area contributed by atoms with E-state index in [-0.39, 0.29) is 17.0 Å². The zero-order valence-electron chi connectivity index (χ0n) is 21.0. The molecule has 0 spiro atoms. The average molecular weight is 589 g/mol. The minimum atomic E-state index is -0.733. The molecule has 0 bridgehead atoms. The molecule has 38 heavy (non-hydrogen) atoms. The zero-order valence-corrected chi connectivity index (χ0v) is 23.3. The first-order valence-corrected chi connectivity index (χ1v) is 13.4. The second-order valence-corrected chi connectivity index (χ2v) is 12.1. The van der Waals surface area contributed by atoms with Crippen LogP contribution in [0, 0.1) is 0 Å². The molecule has 1 atom stereocenters. The van der Waals surface area contributed by atoms with Crippen molar-refractivity contribution < 1.29 is 14.0 Å². The van der Waals surface area contributed by atoms with Crippen molar-refractivity contribution in [2.24, 2.45) is 0 Å². The van der Waals surface area contributed by atoms with E-state index in [0.29, 0.717) is 28.0 Å².